The number of carbonyl (C=O) groups is 1. The van der Waals surface area contributed by atoms with E-state index in [4.69, 9.17) is 16.1 Å². The molecule has 0 fully saturated rings. The van der Waals surface area contributed by atoms with Gasteiger partial charge in [-0.25, -0.2) is 4.79 Å². The van der Waals surface area contributed by atoms with Crippen LogP contribution >= 0.6 is 11.6 Å². The van der Waals surface area contributed by atoms with Crippen molar-refractivity contribution in [1.29, 1.82) is 0 Å². The van der Waals surface area contributed by atoms with Crippen LogP contribution in [0.4, 0.5) is 0 Å². The normalized spacial score (nSPS) is 10.8. The third kappa shape index (κ3) is 4.75. The van der Waals surface area contributed by atoms with E-state index < -0.39 is 17.2 Å². The van der Waals surface area contributed by atoms with Crippen LogP contribution in [-0.4, -0.2) is 36.9 Å². The molecule has 2 heterocycles. The average Bonchev–Trinajstić information content (AvgIpc) is 3.31. The lowest BCUT2D eigenvalue weighted by Crippen LogP contribution is -2.41. The summed E-state index contributed by atoms with van der Waals surface area (Å²) in [5.41, 5.74) is -0.0106. The maximum absolute atomic E-state index is 12.8. The van der Waals surface area contributed by atoms with Crippen molar-refractivity contribution in [3.63, 3.8) is 0 Å². The van der Waals surface area contributed by atoms with Gasteiger partial charge in [-0.2, -0.15) is 14.8 Å². The summed E-state index contributed by atoms with van der Waals surface area (Å²) in [6.45, 7) is 2.12. The van der Waals surface area contributed by atoms with Crippen molar-refractivity contribution in [3.05, 3.63) is 91.9 Å². The van der Waals surface area contributed by atoms with Gasteiger partial charge in [-0.1, -0.05) is 47.1 Å². The zero-order chi connectivity index (χ0) is 23.4. The molecule has 1 amide bonds. The van der Waals surface area contributed by atoms with E-state index >= 15 is 0 Å². The summed E-state index contributed by atoms with van der Waals surface area (Å²) in [6.07, 6.45) is 0.578. The Kier molecular flexibility index (Phi) is 6.45. The van der Waals surface area contributed by atoms with Gasteiger partial charge in [-0.3, -0.25) is 14.2 Å². The third-order valence-corrected chi connectivity index (χ3v) is 5.07. The molecular weight excluding hydrogens is 448 g/mol. The van der Waals surface area contributed by atoms with E-state index in [0.29, 0.717) is 23.7 Å². The van der Waals surface area contributed by atoms with E-state index in [9.17, 15) is 14.4 Å². The molecule has 0 unspecified atom stereocenters. The fraction of sp³-hybridized carbons (Fsp3) is 0.182. The number of nitrogens with zero attached hydrogens (tertiary/aromatic N) is 5. The molecule has 33 heavy (non-hydrogen) atoms. The Labute approximate surface area is 192 Å². The minimum Gasteiger partial charge on any atom is -0.347 e. The number of amides is 1. The summed E-state index contributed by atoms with van der Waals surface area (Å²) >= 11 is 5.87. The first-order valence-electron chi connectivity index (χ1n) is 10.1. The van der Waals surface area contributed by atoms with Crippen LogP contribution in [0, 0.1) is 0 Å². The molecule has 168 valence electrons. The highest BCUT2D eigenvalue weighted by atomic mass is 35.5. The standard InChI is InChI=1S/C22H19ClN6O4/c1-2-28-21(31)17(26-29(22(28)32)16-6-4-3-5-7-16)18-25-20(33-27-18)19(30)24-13-12-14-8-10-15(23)11-9-14/h3-11H,2,12-13H2,1H3,(H,24,30). The molecule has 2 aromatic heterocycles. The van der Waals surface area contributed by atoms with Crippen molar-refractivity contribution >= 4 is 17.5 Å². The van der Waals surface area contributed by atoms with Gasteiger partial charge in [0.05, 0.1) is 5.69 Å². The van der Waals surface area contributed by atoms with Gasteiger partial charge in [0.1, 0.15) is 0 Å². The molecule has 0 atom stereocenters. The van der Waals surface area contributed by atoms with Crippen LogP contribution in [0.1, 0.15) is 23.2 Å². The van der Waals surface area contributed by atoms with Crippen LogP contribution in [0.3, 0.4) is 0 Å². The van der Waals surface area contributed by atoms with E-state index in [-0.39, 0.29) is 24.0 Å². The van der Waals surface area contributed by atoms with Gasteiger partial charge >= 0.3 is 17.5 Å². The van der Waals surface area contributed by atoms with E-state index in [1.165, 1.54) is 0 Å². The fourth-order valence-corrected chi connectivity index (χ4v) is 3.26. The summed E-state index contributed by atoms with van der Waals surface area (Å²) in [6, 6.07) is 15.9. The second-order valence-corrected chi connectivity index (χ2v) is 7.42. The number of hydrogen-bond acceptors (Lipinski definition) is 7. The van der Waals surface area contributed by atoms with Crippen molar-refractivity contribution in [2.45, 2.75) is 19.9 Å². The average molecular weight is 467 g/mol. The first-order valence-corrected chi connectivity index (χ1v) is 10.5. The molecule has 10 nitrogen and oxygen atoms in total. The topological polar surface area (TPSA) is 125 Å². The first kappa shape index (κ1) is 22.2. The molecule has 4 rings (SSSR count). The lowest BCUT2D eigenvalue weighted by Gasteiger charge is -2.09. The lowest BCUT2D eigenvalue weighted by molar-refractivity contribution is 0.0910. The van der Waals surface area contributed by atoms with Crippen LogP contribution in [0.2, 0.25) is 5.02 Å². The predicted molar refractivity (Wildman–Crippen MR) is 121 cm³/mol. The van der Waals surface area contributed by atoms with Gasteiger partial charge in [0.2, 0.25) is 5.82 Å². The molecule has 2 aromatic carbocycles. The smallest absolute Gasteiger partial charge is 0.347 e. The van der Waals surface area contributed by atoms with Gasteiger partial charge in [0, 0.05) is 18.1 Å². The summed E-state index contributed by atoms with van der Waals surface area (Å²) in [5.74, 6) is -1.09. The van der Waals surface area contributed by atoms with Gasteiger partial charge in [-0.05, 0) is 43.2 Å². The van der Waals surface area contributed by atoms with Gasteiger partial charge in [0.25, 0.3) is 5.56 Å². The number of nitrogens with one attached hydrogen (secondary N) is 1. The Bertz CT molecular complexity index is 1390. The van der Waals surface area contributed by atoms with Gasteiger partial charge in [-0.15, -0.1) is 0 Å². The molecule has 0 radical (unpaired) electrons. The Morgan fingerprint density at radius 2 is 1.82 bits per heavy atom. The summed E-state index contributed by atoms with van der Waals surface area (Å²) in [4.78, 5) is 41.9. The Balaban J connectivity index is 1.57. The fourth-order valence-electron chi connectivity index (χ4n) is 3.13. The van der Waals surface area contributed by atoms with Crippen molar-refractivity contribution < 1.29 is 9.32 Å². The van der Waals surface area contributed by atoms with E-state index in [1.807, 2.05) is 12.1 Å². The number of benzene rings is 2. The van der Waals surface area contributed by atoms with E-state index in [1.54, 1.807) is 49.4 Å². The second-order valence-electron chi connectivity index (χ2n) is 6.98. The molecule has 0 saturated heterocycles. The summed E-state index contributed by atoms with van der Waals surface area (Å²) in [7, 11) is 0. The van der Waals surface area contributed by atoms with Crippen LogP contribution in [-0.2, 0) is 13.0 Å². The quantitative estimate of drug-likeness (QED) is 0.442. The number of aromatic nitrogens is 5. The first-order chi connectivity index (χ1) is 16.0. The highest BCUT2D eigenvalue weighted by Crippen LogP contribution is 2.11. The van der Waals surface area contributed by atoms with E-state index in [0.717, 1.165) is 14.8 Å². The molecule has 11 heteroatoms. The zero-order valence-electron chi connectivity index (χ0n) is 17.6. The molecule has 0 bridgehead atoms. The van der Waals surface area contributed by atoms with Gasteiger partial charge in [0.15, 0.2) is 5.69 Å². The van der Waals surface area contributed by atoms with Crippen molar-refractivity contribution in [2.24, 2.45) is 0 Å². The second kappa shape index (κ2) is 9.61. The zero-order valence-corrected chi connectivity index (χ0v) is 18.3. The molecular formula is C22H19ClN6O4. The van der Waals surface area contributed by atoms with Crippen LogP contribution < -0.4 is 16.6 Å². The minimum atomic E-state index is -0.676. The molecule has 0 aliphatic rings. The minimum absolute atomic E-state index is 0.121. The Hall–Kier alpha value is -4.05. The Morgan fingerprint density at radius 1 is 1.09 bits per heavy atom. The van der Waals surface area contributed by atoms with Gasteiger partial charge < -0.3 is 9.84 Å². The number of carbonyl (C=O) groups excluding carboxylic acids is 1. The number of rotatable bonds is 7. The molecule has 1 N–H and O–H groups in total. The number of hydrogen-bond donors (Lipinski definition) is 1. The van der Waals surface area contributed by atoms with Crippen molar-refractivity contribution in [2.75, 3.05) is 6.54 Å². The molecule has 0 aliphatic heterocycles. The van der Waals surface area contributed by atoms with Crippen LogP contribution in [0.25, 0.3) is 17.2 Å². The van der Waals surface area contributed by atoms with Crippen LogP contribution in [0.5, 0.6) is 0 Å². The molecule has 0 saturated carbocycles. The monoisotopic (exact) mass is 466 g/mol. The molecule has 0 aliphatic carbocycles. The van der Waals surface area contributed by atoms with Crippen molar-refractivity contribution in [1.82, 2.24) is 29.8 Å². The summed E-state index contributed by atoms with van der Waals surface area (Å²) < 4.78 is 7.13. The third-order valence-electron chi connectivity index (χ3n) is 4.82. The molecule has 0 spiro atoms. The highest BCUT2D eigenvalue weighted by molar-refractivity contribution is 6.30. The number of halogens is 1. The number of para-hydroxylation sites is 1. The van der Waals surface area contributed by atoms with Crippen molar-refractivity contribution in [3.8, 4) is 17.2 Å². The molecule has 4 aromatic rings. The predicted octanol–water partition coefficient (Wildman–Crippen LogP) is 2.09. The largest absolute Gasteiger partial charge is 0.352 e. The maximum atomic E-state index is 12.8. The highest BCUT2D eigenvalue weighted by Gasteiger charge is 2.22. The summed E-state index contributed by atoms with van der Waals surface area (Å²) in [5, 5.41) is 11.2. The maximum Gasteiger partial charge on any atom is 0.352 e. The lowest BCUT2D eigenvalue weighted by atomic mass is 10.1. The SMILES string of the molecule is CCn1c(=O)c(-c2noc(C(=O)NCCc3ccc(Cl)cc3)n2)nn(-c2ccccc2)c1=O. The Morgan fingerprint density at radius 3 is 2.52 bits per heavy atom. The van der Waals surface area contributed by atoms with E-state index in [2.05, 4.69) is 20.6 Å². The van der Waals surface area contributed by atoms with Crippen LogP contribution in [0.15, 0.2) is 68.7 Å².